The van der Waals surface area contributed by atoms with E-state index in [4.69, 9.17) is 0 Å². The number of aromatic nitrogens is 3. The molecule has 1 aromatic heterocycles. The molecule has 1 N–H and O–H groups in total. The molecule has 0 atom stereocenters. The van der Waals surface area contributed by atoms with Gasteiger partial charge < -0.3 is 9.67 Å². The highest BCUT2D eigenvalue weighted by atomic mass is 16.3. The highest BCUT2D eigenvalue weighted by molar-refractivity contribution is 5.02. The molecule has 0 aliphatic carbocycles. The van der Waals surface area contributed by atoms with Crippen LogP contribution in [0.2, 0.25) is 0 Å². The minimum atomic E-state index is -0.0231. The molecule has 0 aromatic carbocycles. The molecule has 0 saturated heterocycles. The molecule has 0 radical (unpaired) electrons. The van der Waals surface area contributed by atoms with Crippen molar-refractivity contribution in [2.45, 2.75) is 72.4 Å². The van der Waals surface area contributed by atoms with E-state index in [0.717, 1.165) is 38.1 Å². The van der Waals surface area contributed by atoms with Crippen LogP contribution in [0, 0.1) is 5.92 Å². The third-order valence-corrected chi connectivity index (χ3v) is 3.18. The maximum absolute atomic E-state index is 9.36. The molecule has 18 heavy (non-hydrogen) atoms. The summed E-state index contributed by atoms with van der Waals surface area (Å²) in [5.41, 5.74) is 0. The SMILES string of the molecule is CCCC(CCC)c1nnc(CO)n1CC(C)C. The molecule has 0 bridgehead atoms. The lowest BCUT2D eigenvalue weighted by Crippen LogP contribution is -2.15. The Morgan fingerprint density at radius 1 is 1.11 bits per heavy atom. The van der Waals surface area contributed by atoms with E-state index in [-0.39, 0.29) is 6.61 Å². The molecule has 0 spiro atoms. The van der Waals surface area contributed by atoms with E-state index in [1.165, 1.54) is 0 Å². The van der Waals surface area contributed by atoms with Gasteiger partial charge in [0, 0.05) is 12.5 Å². The monoisotopic (exact) mass is 253 g/mol. The summed E-state index contributed by atoms with van der Waals surface area (Å²) in [5.74, 6) is 2.79. The minimum Gasteiger partial charge on any atom is -0.388 e. The Labute approximate surface area is 110 Å². The van der Waals surface area contributed by atoms with Crippen LogP contribution in [0.1, 0.15) is 70.9 Å². The van der Waals surface area contributed by atoms with Crippen molar-refractivity contribution >= 4 is 0 Å². The second-order valence-electron chi connectivity index (χ2n) is 5.41. The lowest BCUT2D eigenvalue weighted by atomic mass is 9.97. The predicted octanol–water partition coefficient (Wildman–Crippen LogP) is 3.11. The first-order valence-electron chi connectivity index (χ1n) is 7.16. The summed E-state index contributed by atoms with van der Waals surface area (Å²) in [7, 11) is 0. The van der Waals surface area contributed by atoms with Crippen molar-refractivity contribution in [3.8, 4) is 0 Å². The van der Waals surface area contributed by atoms with Gasteiger partial charge in [0.1, 0.15) is 12.4 Å². The molecule has 4 nitrogen and oxygen atoms in total. The zero-order valence-electron chi connectivity index (χ0n) is 12.2. The average molecular weight is 253 g/mol. The lowest BCUT2D eigenvalue weighted by Gasteiger charge is -2.18. The van der Waals surface area contributed by atoms with Crippen molar-refractivity contribution < 1.29 is 5.11 Å². The molecule has 0 aliphatic heterocycles. The number of aliphatic hydroxyl groups is 1. The van der Waals surface area contributed by atoms with Gasteiger partial charge in [0.05, 0.1) is 0 Å². The number of hydrogen-bond acceptors (Lipinski definition) is 3. The minimum absolute atomic E-state index is 0.0231. The fourth-order valence-electron chi connectivity index (χ4n) is 2.43. The van der Waals surface area contributed by atoms with Crippen molar-refractivity contribution in [2.75, 3.05) is 0 Å². The number of hydrogen-bond donors (Lipinski definition) is 1. The Balaban J connectivity index is 3.00. The Kier molecular flexibility index (Phi) is 6.33. The van der Waals surface area contributed by atoms with Crippen molar-refractivity contribution in [1.82, 2.24) is 14.8 Å². The van der Waals surface area contributed by atoms with Crippen LogP contribution in [0.3, 0.4) is 0 Å². The molecular formula is C14H27N3O. The van der Waals surface area contributed by atoms with Crippen molar-refractivity contribution in [3.05, 3.63) is 11.6 Å². The first kappa shape index (κ1) is 15.2. The van der Waals surface area contributed by atoms with Crippen LogP contribution in [0.15, 0.2) is 0 Å². The standard InChI is InChI=1S/C14H27N3O/c1-5-7-12(8-6-2)14-16-15-13(10-18)17(14)9-11(3)4/h11-12,18H,5-10H2,1-4H3. The number of aliphatic hydroxyl groups excluding tert-OH is 1. The molecule has 1 aromatic rings. The molecule has 1 rings (SSSR count). The van der Waals surface area contributed by atoms with Crippen LogP contribution < -0.4 is 0 Å². The molecule has 4 heteroatoms. The van der Waals surface area contributed by atoms with Crippen molar-refractivity contribution in [1.29, 1.82) is 0 Å². The Hall–Kier alpha value is -0.900. The van der Waals surface area contributed by atoms with Gasteiger partial charge in [-0.1, -0.05) is 40.5 Å². The Morgan fingerprint density at radius 2 is 1.72 bits per heavy atom. The topological polar surface area (TPSA) is 50.9 Å². The van der Waals surface area contributed by atoms with Crippen LogP contribution in [0.25, 0.3) is 0 Å². The van der Waals surface area contributed by atoms with Gasteiger partial charge in [0.2, 0.25) is 0 Å². The second kappa shape index (κ2) is 7.52. The van der Waals surface area contributed by atoms with Gasteiger partial charge in [-0.05, 0) is 18.8 Å². The zero-order chi connectivity index (χ0) is 13.5. The summed E-state index contributed by atoms with van der Waals surface area (Å²) in [4.78, 5) is 0. The summed E-state index contributed by atoms with van der Waals surface area (Å²) in [6, 6.07) is 0. The summed E-state index contributed by atoms with van der Waals surface area (Å²) in [6.07, 6.45) is 4.62. The zero-order valence-corrected chi connectivity index (χ0v) is 12.2. The fourth-order valence-corrected chi connectivity index (χ4v) is 2.43. The summed E-state index contributed by atoms with van der Waals surface area (Å²) < 4.78 is 2.13. The number of rotatable bonds is 8. The van der Waals surface area contributed by atoms with E-state index in [2.05, 4.69) is 42.5 Å². The van der Waals surface area contributed by atoms with Gasteiger partial charge in [0.15, 0.2) is 5.82 Å². The largest absolute Gasteiger partial charge is 0.388 e. The molecular weight excluding hydrogens is 226 g/mol. The van der Waals surface area contributed by atoms with E-state index in [0.29, 0.717) is 17.7 Å². The maximum Gasteiger partial charge on any atom is 0.158 e. The predicted molar refractivity (Wildman–Crippen MR) is 73.3 cm³/mol. The first-order chi connectivity index (χ1) is 8.63. The van der Waals surface area contributed by atoms with E-state index in [9.17, 15) is 5.11 Å². The molecule has 0 saturated carbocycles. The average Bonchev–Trinajstić information content (AvgIpc) is 2.71. The van der Waals surface area contributed by atoms with E-state index in [1.54, 1.807) is 0 Å². The third-order valence-electron chi connectivity index (χ3n) is 3.18. The third kappa shape index (κ3) is 3.80. The fraction of sp³-hybridized carbons (Fsp3) is 0.857. The molecule has 0 unspecified atom stereocenters. The normalized spacial score (nSPS) is 11.7. The quantitative estimate of drug-likeness (QED) is 0.774. The molecule has 0 aliphatic rings. The summed E-state index contributed by atoms with van der Waals surface area (Å²) in [6.45, 7) is 9.64. The maximum atomic E-state index is 9.36. The van der Waals surface area contributed by atoms with Crippen LogP contribution in [0.5, 0.6) is 0 Å². The van der Waals surface area contributed by atoms with Gasteiger partial charge >= 0.3 is 0 Å². The molecule has 0 fully saturated rings. The van der Waals surface area contributed by atoms with Crippen LogP contribution in [0.4, 0.5) is 0 Å². The highest BCUT2D eigenvalue weighted by Crippen LogP contribution is 2.26. The van der Waals surface area contributed by atoms with Crippen molar-refractivity contribution in [3.63, 3.8) is 0 Å². The Bertz CT molecular complexity index is 341. The van der Waals surface area contributed by atoms with Gasteiger partial charge in [-0.25, -0.2) is 0 Å². The van der Waals surface area contributed by atoms with Crippen LogP contribution in [-0.2, 0) is 13.2 Å². The van der Waals surface area contributed by atoms with Gasteiger partial charge in [-0.3, -0.25) is 0 Å². The van der Waals surface area contributed by atoms with Crippen LogP contribution in [-0.4, -0.2) is 19.9 Å². The van der Waals surface area contributed by atoms with E-state index in [1.807, 2.05) is 0 Å². The van der Waals surface area contributed by atoms with E-state index >= 15 is 0 Å². The summed E-state index contributed by atoms with van der Waals surface area (Å²) >= 11 is 0. The van der Waals surface area contributed by atoms with Crippen LogP contribution >= 0.6 is 0 Å². The summed E-state index contributed by atoms with van der Waals surface area (Å²) in [5, 5.41) is 17.8. The molecule has 104 valence electrons. The Morgan fingerprint density at radius 3 is 2.17 bits per heavy atom. The highest BCUT2D eigenvalue weighted by Gasteiger charge is 2.20. The number of nitrogens with zero attached hydrogens (tertiary/aromatic N) is 3. The molecule has 0 amide bonds. The molecule has 1 heterocycles. The van der Waals surface area contributed by atoms with Crippen molar-refractivity contribution in [2.24, 2.45) is 5.92 Å². The smallest absolute Gasteiger partial charge is 0.158 e. The second-order valence-corrected chi connectivity index (χ2v) is 5.41. The van der Waals surface area contributed by atoms with Gasteiger partial charge in [-0.15, -0.1) is 10.2 Å². The van der Waals surface area contributed by atoms with E-state index < -0.39 is 0 Å². The lowest BCUT2D eigenvalue weighted by molar-refractivity contribution is 0.261. The first-order valence-corrected chi connectivity index (χ1v) is 7.16. The van der Waals surface area contributed by atoms with Gasteiger partial charge in [-0.2, -0.15) is 0 Å². The van der Waals surface area contributed by atoms with Gasteiger partial charge in [0.25, 0.3) is 0 Å².